The predicted octanol–water partition coefficient (Wildman–Crippen LogP) is 3.69. The van der Waals surface area contributed by atoms with Crippen LogP contribution >= 0.6 is 11.8 Å². The third-order valence-corrected chi connectivity index (χ3v) is 7.35. The molecule has 1 saturated heterocycles. The summed E-state index contributed by atoms with van der Waals surface area (Å²) in [6.07, 6.45) is 0. The fourth-order valence-electron chi connectivity index (χ4n) is 4.18. The van der Waals surface area contributed by atoms with Crippen LogP contribution in [-0.4, -0.2) is 42.5 Å². The molecule has 9 heteroatoms. The molecule has 2 aliphatic rings. The van der Waals surface area contributed by atoms with E-state index in [-0.39, 0.29) is 24.0 Å². The van der Waals surface area contributed by atoms with Crippen LogP contribution < -0.4 is 26.1 Å². The molecule has 5 rings (SSSR count). The molecule has 0 aromatic heterocycles. The molecule has 3 aromatic carbocycles. The standard InChI is InChI=1S/C26H26N4O4S/c27-29-25(31)18-6-4-17(5-7-18)14-28-26(32)30-10-11-35-24(15-30)21-3-1-2-19(12-21)20-8-9-22-23(13-20)34-16-33-22/h1-9,12-13,24H,10-11,14-16,27H2,(H,28,32)(H,29,31). The van der Waals surface area contributed by atoms with Crippen LogP contribution in [0.5, 0.6) is 11.5 Å². The summed E-state index contributed by atoms with van der Waals surface area (Å²) in [6, 6.07) is 21.3. The van der Waals surface area contributed by atoms with Crippen molar-refractivity contribution in [1.29, 1.82) is 0 Å². The molecule has 3 aromatic rings. The zero-order valence-corrected chi connectivity index (χ0v) is 19.8. The highest BCUT2D eigenvalue weighted by Gasteiger charge is 2.25. The van der Waals surface area contributed by atoms with Gasteiger partial charge in [0, 0.05) is 36.2 Å². The van der Waals surface area contributed by atoms with Crippen molar-refractivity contribution in [3.8, 4) is 22.6 Å². The Morgan fingerprint density at radius 1 is 1.00 bits per heavy atom. The number of hydrogen-bond acceptors (Lipinski definition) is 6. The smallest absolute Gasteiger partial charge is 0.317 e. The Kier molecular flexibility index (Phi) is 6.78. The molecule has 0 spiro atoms. The number of carbonyl (C=O) groups excluding carboxylic acids is 2. The number of thioether (sulfide) groups is 1. The molecule has 0 bridgehead atoms. The maximum atomic E-state index is 12.9. The van der Waals surface area contributed by atoms with Crippen LogP contribution in [0.2, 0.25) is 0 Å². The van der Waals surface area contributed by atoms with E-state index in [1.54, 1.807) is 24.3 Å². The number of fused-ring (bicyclic) bond motifs is 1. The fourth-order valence-corrected chi connectivity index (χ4v) is 5.41. The number of carbonyl (C=O) groups is 2. The van der Waals surface area contributed by atoms with Gasteiger partial charge < -0.3 is 19.7 Å². The van der Waals surface area contributed by atoms with E-state index < -0.39 is 0 Å². The zero-order chi connectivity index (χ0) is 24.2. The summed E-state index contributed by atoms with van der Waals surface area (Å²) < 4.78 is 10.9. The number of ether oxygens (including phenoxy) is 2. The molecule has 2 heterocycles. The lowest BCUT2D eigenvalue weighted by Gasteiger charge is -2.33. The van der Waals surface area contributed by atoms with Gasteiger partial charge >= 0.3 is 6.03 Å². The third-order valence-electron chi connectivity index (χ3n) is 6.11. The molecule has 1 unspecified atom stereocenters. The Hall–Kier alpha value is -3.69. The number of nitrogens with two attached hydrogens (primary N) is 1. The topological polar surface area (TPSA) is 106 Å². The molecule has 2 aliphatic heterocycles. The molecular formula is C26H26N4O4S. The second-order valence-corrected chi connectivity index (χ2v) is 9.64. The van der Waals surface area contributed by atoms with Crippen LogP contribution in [0.4, 0.5) is 4.79 Å². The normalized spacial score (nSPS) is 16.6. The average Bonchev–Trinajstić information content (AvgIpc) is 3.40. The molecule has 3 amide bonds. The molecule has 1 atom stereocenters. The number of hydrogen-bond donors (Lipinski definition) is 3. The summed E-state index contributed by atoms with van der Waals surface area (Å²) >= 11 is 1.87. The van der Waals surface area contributed by atoms with Crippen LogP contribution in [0.1, 0.15) is 26.7 Å². The third kappa shape index (κ3) is 5.21. The van der Waals surface area contributed by atoms with Gasteiger partial charge in [0.25, 0.3) is 5.91 Å². The lowest BCUT2D eigenvalue weighted by Crippen LogP contribution is -2.44. The SMILES string of the molecule is NNC(=O)c1ccc(CNC(=O)N2CCSC(c3cccc(-c4ccc5c(c4)OCO5)c3)C2)cc1. The number of nitrogens with one attached hydrogen (secondary N) is 2. The number of nitrogens with zero attached hydrogens (tertiary/aromatic N) is 1. The van der Waals surface area contributed by atoms with Crippen molar-refractivity contribution in [2.24, 2.45) is 5.84 Å². The highest BCUT2D eigenvalue weighted by molar-refractivity contribution is 7.99. The van der Waals surface area contributed by atoms with Gasteiger partial charge in [-0.05, 0) is 52.6 Å². The lowest BCUT2D eigenvalue weighted by molar-refractivity contribution is 0.0953. The molecule has 35 heavy (non-hydrogen) atoms. The van der Waals surface area contributed by atoms with Crippen molar-refractivity contribution < 1.29 is 19.1 Å². The van der Waals surface area contributed by atoms with Gasteiger partial charge in [-0.15, -0.1) is 0 Å². The summed E-state index contributed by atoms with van der Waals surface area (Å²) in [4.78, 5) is 26.3. The Balaban J connectivity index is 1.21. The van der Waals surface area contributed by atoms with Gasteiger partial charge in [-0.1, -0.05) is 36.4 Å². The van der Waals surface area contributed by atoms with Gasteiger partial charge in [0.1, 0.15) is 0 Å². The van der Waals surface area contributed by atoms with E-state index in [2.05, 4.69) is 35.0 Å². The minimum absolute atomic E-state index is 0.0917. The van der Waals surface area contributed by atoms with Crippen molar-refractivity contribution in [1.82, 2.24) is 15.6 Å². The summed E-state index contributed by atoms with van der Waals surface area (Å²) in [5.74, 6) is 7.22. The lowest BCUT2D eigenvalue weighted by atomic mass is 10.0. The van der Waals surface area contributed by atoms with E-state index in [0.29, 0.717) is 25.2 Å². The van der Waals surface area contributed by atoms with Crippen LogP contribution in [-0.2, 0) is 6.54 Å². The molecule has 4 N–H and O–H groups in total. The quantitative estimate of drug-likeness (QED) is 0.286. The zero-order valence-electron chi connectivity index (χ0n) is 19.0. The number of nitrogen functional groups attached to an aromatic ring is 1. The Morgan fingerprint density at radius 2 is 1.80 bits per heavy atom. The first-order chi connectivity index (χ1) is 17.1. The number of rotatable bonds is 5. The van der Waals surface area contributed by atoms with Crippen molar-refractivity contribution in [2.75, 3.05) is 25.6 Å². The maximum absolute atomic E-state index is 12.9. The molecule has 0 aliphatic carbocycles. The molecule has 0 radical (unpaired) electrons. The molecule has 180 valence electrons. The van der Waals surface area contributed by atoms with E-state index in [9.17, 15) is 9.59 Å². The van der Waals surface area contributed by atoms with E-state index in [1.165, 1.54) is 5.56 Å². The van der Waals surface area contributed by atoms with Gasteiger partial charge in [-0.3, -0.25) is 10.2 Å². The number of urea groups is 1. The van der Waals surface area contributed by atoms with Gasteiger partial charge in [0.15, 0.2) is 11.5 Å². The Labute approximate surface area is 207 Å². The van der Waals surface area contributed by atoms with Gasteiger partial charge in [-0.25, -0.2) is 10.6 Å². The van der Waals surface area contributed by atoms with E-state index in [1.807, 2.05) is 34.9 Å². The van der Waals surface area contributed by atoms with Crippen molar-refractivity contribution in [3.05, 3.63) is 83.4 Å². The van der Waals surface area contributed by atoms with Crippen LogP contribution in [0.15, 0.2) is 66.7 Å². The largest absolute Gasteiger partial charge is 0.454 e. The fraction of sp³-hybridized carbons (Fsp3) is 0.231. The Bertz CT molecular complexity index is 1230. The molecule has 0 saturated carbocycles. The second kappa shape index (κ2) is 10.3. The average molecular weight is 491 g/mol. The van der Waals surface area contributed by atoms with Gasteiger partial charge in [0.05, 0.1) is 0 Å². The van der Waals surface area contributed by atoms with E-state index in [0.717, 1.165) is 33.9 Å². The maximum Gasteiger partial charge on any atom is 0.317 e. The molecular weight excluding hydrogens is 464 g/mol. The monoisotopic (exact) mass is 490 g/mol. The summed E-state index contributed by atoms with van der Waals surface area (Å²) in [6.45, 7) is 1.98. The molecule has 1 fully saturated rings. The van der Waals surface area contributed by atoms with Crippen molar-refractivity contribution in [2.45, 2.75) is 11.8 Å². The number of hydrazine groups is 1. The summed E-state index contributed by atoms with van der Waals surface area (Å²) in [5.41, 5.74) is 6.86. The van der Waals surface area contributed by atoms with Gasteiger partial charge in [0.2, 0.25) is 6.79 Å². The highest BCUT2D eigenvalue weighted by atomic mass is 32.2. The predicted molar refractivity (Wildman–Crippen MR) is 135 cm³/mol. The minimum atomic E-state index is -0.347. The highest BCUT2D eigenvalue weighted by Crippen LogP contribution is 2.38. The minimum Gasteiger partial charge on any atom is -0.454 e. The summed E-state index contributed by atoms with van der Waals surface area (Å²) in [7, 11) is 0. The molecule has 8 nitrogen and oxygen atoms in total. The van der Waals surface area contributed by atoms with Gasteiger partial charge in [-0.2, -0.15) is 11.8 Å². The van der Waals surface area contributed by atoms with Crippen LogP contribution in [0.25, 0.3) is 11.1 Å². The van der Waals surface area contributed by atoms with Crippen molar-refractivity contribution >= 4 is 23.7 Å². The Morgan fingerprint density at radius 3 is 2.63 bits per heavy atom. The first kappa shape index (κ1) is 23.1. The second-order valence-electron chi connectivity index (χ2n) is 8.33. The summed E-state index contributed by atoms with van der Waals surface area (Å²) in [5, 5.41) is 3.18. The van der Waals surface area contributed by atoms with Crippen LogP contribution in [0, 0.1) is 0 Å². The van der Waals surface area contributed by atoms with E-state index >= 15 is 0 Å². The van der Waals surface area contributed by atoms with Crippen molar-refractivity contribution in [3.63, 3.8) is 0 Å². The number of benzene rings is 3. The number of amides is 3. The van der Waals surface area contributed by atoms with E-state index in [4.69, 9.17) is 15.3 Å². The first-order valence-electron chi connectivity index (χ1n) is 11.3. The van der Waals surface area contributed by atoms with Crippen LogP contribution in [0.3, 0.4) is 0 Å². The first-order valence-corrected chi connectivity index (χ1v) is 12.4.